The van der Waals surface area contributed by atoms with E-state index < -0.39 is 11.7 Å². The van der Waals surface area contributed by atoms with Gasteiger partial charge in [-0.15, -0.1) is 0 Å². The van der Waals surface area contributed by atoms with Gasteiger partial charge in [0.1, 0.15) is 18.9 Å². The number of carbonyl (C=O) groups is 5. The molecule has 1 fully saturated rings. The van der Waals surface area contributed by atoms with Gasteiger partial charge in [0.15, 0.2) is 0 Å². The lowest BCUT2D eigenvalue weighted by molar-refractivity contribution is -0.193. The van der Waals surface area contributed by atoms with Crippen LogP contribution in [-0.2, 0) is 62.2 Å². The lowest BCUT2D eigenvalue weighted by Gasteiger charge is -2.25. The van der Waals surface area contributed by atoms with Crippen LogP contribution >= 0.6 is 0 Å². The van der Waals surface area contributed by atoms with Crippen molar-refractivity contribution in [2.24, 2.45) is 11.8 Å². The van der Waals surface area contributed by atoms with Gasteiger partial charge in [-0.3, -0.25) is 0 Å². The largest absolute Gasteiger partial charge is 0.463 e. The minimum atomic E-state index is -0.531. The molecule has 5 atom stereocenters. The molecule has 17 nitrogen and oxygen atoms in total. The van der Waals surface area contributed by atoms with Gasteiger partial charge in [-0.2, -0.15) is 28.8 Å². The number of carbonyl (C=O) groups excluding carboxylic acids is 11. The van der Waals surface area contributed by atoms with E-state index >= 15 is 0 Å². The van der Waals surface area contributed by atoms with Crippen molar-refractivity contribution in [3.63, 3.8) is 0 Å². The van der Waals surface area contributed by atoms with Gasteiger partial charge in [-0.05, 0) is 59.9 Å². The number of hydrogen-bond donors (Lipinski definition) is 4. The summed E-state index contributed by atoms with van der Waals surface area (Å²) in [7, 11) is 0. The first-order chi connectivity index (χ1) is 25.3. The van der Waals surface area contributed by atoms with Crippen molar-refractivity contribution < 1.29 is 77.5 Å². The number of rotatable bonds is 13. The third kappa shape index (κ3) is 79.4. The summed E-state index contributed by atoms with van der Waals surface area (Å²) in [5.41, 5.74) is -0.531. The molecule has 0 aliphatic carbocycles. The van der Waals surface area contributed by atoms with Crippen LogP contribution < -0.4 is 5.32 Å². The first-order valence-electron chi connectivity index (χ1n) is 17.1. The first-order valence-corrected chi connectivity index (χ1v) is 17.1. The highest BCUT2D eigenvalue weighted by atomic mass is 16.5. The monoisotopic (exact) mass is 795 g/mol. The highest BCUT2D eigenvalue weighted by Gasteiger charge is 2.28. The summed E-state index contributed by atoms with van der Waals surface area (Å²) in [6.07, 6.45) is 11.6. The average Bonchev–Trinajstić information content (AvgIpc) is 3.72. The second kappa shape index (κ2) is 61.4. The molecule has 1 heterocycles. The number of nitrogens with one attached hydrogen (secondary N) is 1. The van der Waals surface area contributed by atoms with E-state index in [9.17, 15) is 34.2 Å². The van der Waals surface area contributed by atoms with Gasteiger partial charge in [-0.25, -0.2) is 9.59 Å². The smallest absolute Gasteiger partial charge is 0.373 e. The summed E-state index contributed by atoms with van der Waals surface area (Å²) < 4.78 is 9.13. The van der Waals surface area contributed by atoms with Gasteiger partial charge in [0.05, 0.1) is 31.0 Å². The summed E-state index contributed by atoms with van der Waals surface area (Å²) in [6.45, 7) is 23.3. The van der Waals surface area contributed by atoms with Gasteiger partial charge in [0.2, 0.25) is 0 Å². The number of aliphatic hydroxyl groups is 3. The molecule has 1 rings (SSSR count). The van der Waals surface area contributed by atoms with Crippen molar-refractivity contribution in [1.29, 1.82) is 0 Å². The molecule has 17 heteroatoms. The fourth-order valence-electron chi connectivity index (χ4n) is 2.87. The average molecular weight is 796 g/mol. The van der Waals surface area contributed by atoms with E-state index in [1.807, 2.05) is 48.5 Å². The summed E-state index contributed by atoms with van der Waals surface area (Å²) in [5.74, 6) is -0.922. The molecule has 0 bridgehead atoms. The topological polar surface area (TPSA) is 279 Å². The zero-order valence-electron chi connectivity index (χ0n) is 33.6. The molecule has 0 aromatic carbocycles. The molecule has 0 aromatic heterocycles. The normalized spacial score (nSPS) is 13.3. The number of hydrogen-bond acceptors (Lipinski definition) is 17. The second-order valence-corrected chi connectivity index (χ2v) is 10.6. The minimum Gasteiger partial charge on any atom is -0.463 e. The van der Waals surface area contributed by atoms with E-state index in [4.69, 9.17) is 38.6 Å². The maximum atomic E-state index is 10.9. The SMILES string of the molecule is C.C=CC(=O)OCC.CC(C)(O)C1CCCN1.CCC=O.CCC=O.CCOC(=O)/C=C/[C@@H](C)[C@@H](O)CC.CC[C@H](O)[C@H](C)C=O.O=C=O.O=C=O.O=C=O. The fraction of sp³-hybridized carbons (Fsp3) is 0.684. The summed E-state index contributed by atoms with van der Waals surface area (Å²) in [4.78, 5) is 98.0. The van der Waals surface area contributed by atoms with Crippen LogP contribution in [0.1, 0.15) is 115 Å². The third-order valence-corrected chi connectivity index (χ3v) is 5.79. The van der Waals surface area contributed by atoms with Crippen LogP contribution in [0.15, 0.2) is 24.8 Å². The zero-order valence-corrected chi connectivity index (χ0v) is 33.6. The number of aliphatic hydroxyl groups excluding tert-OH is 2. The van der Waals surface area contributed by atoms with Crippen molar-refractivity contribution in [1.82, 2.24) is 5.32 Å². The molecule has 0 amide bonds. The van der Waals surface area contributed by atoms with Crippen LogP contribution in [0.3, 0.4) is 0 Å². The predicted molar refractivity (Wildman–Crippen MR) is 201 cm³/mol. The fourth-order valence-corrected chi connectivity index (χ4v) is 2.87. The molecule has 1 unspecified atom stereocenters. The van der Waals surface area contributed by atoms with Crippen LogP contribution in [0.4, 0.5) is 0 Å². The van der Waals surface area contributed by atoms with Crippen LogP contribution in [0.5, 0.6) is 0 Å². The lowest BCUT2D eigenvalue weighted by Crippen LogP contribution is -2.42. The Hall–Kier alpha value is -4.59. The van der Waals surface area contributed by atoms with Crippen molar-refractivity contribution in [3.05, 3.63) is 24.8 Å². The molecule has 1 aliphatic heterocycles. The Bertz CT molecular complexity index is 964. The molecule has 0 aromatic rings. The molecule has 322 valence electrons. The van der Waals surface area contributed by atoms with Crippen LogP contribution in [0.25, 0.3) is 0 Å². The number of esters is 2. The number of aldehydes is 3. The highest BCUT2D eigenvalue weighted by molar-refractivity contribution is 5.82. The Labute approximate surface area is 327 Å². The maximum Gasteiger partial charge on any atom is 0.373 e. The van der Waals surface area contributed by atoms with E-state index in [2.05, 4.69) is 16.6 Å². The van der Waals surface area contributed by atoms with Crippen LogP contribution in [0, 0.1) is 11.8 Å². The summed E-state index contributed by atoms with van der Waals surface area (Å²) in [6, 6.07) is 0.317. The number of ether oxygens (including phenoxy) is 2. The summed E-state index contributed by atoms with van der Waals surface area (Å²) >= 11 is 0. The molecule has 1 saturated heterocycles. The summed E-state index contributed by atoms with van der Waals surface area (Å²) in [5, 5.41) is 31.0. The third-order valence-electron chi connectivity index (χ3n) is 5.79. The van der Waals surface area contributed by atoms with Crippen molar-refractivity contribution >= 4 is 49.3 Å². The molecule has 0 spiro atoms. The maximum absolute atomic E-state index is 10.9. The minimum absolute atomic E-state index is 0. The molecular weight excluding hydrogens is 726 g/mol. The van der Waals surface area contributed by atoms with Crippen LogP contribution in [-0.4, -0.2) is 108 Å². The molecule has 4 N–H and O–H groups in total. The van der Waals surface area contributed by atoms with E-state index in [1.165, 1.54) is 12.5 Å². The van der Waals surface area contributed by atoms with E-state index in [0.29, 0.717) is 44.9 Å². The van der Waals surface area contributed by atoms with Crippen LogP contribution in [0.2, 0.25) is 0 Å². The van der Waals surface area contributed by atoms with E-state index in [-0.39, 0.29) is 55.8 Å². The Morgan fingerprint density at radius 1 is 0.782 bits per heavy atom. The molecule has 0 saturated carbocycles. The Morgan fingerprint density at radius 2 is 1.13 bits per heavy atom. The first kappa shape index (κ1) is 71.8. The predicted octanol–water partition coefficient (Wildman–Crippen LogP) is 3.43. The standard InChI is InChI=1S/C10H18O3.C7H15NO.C6H12O2.C5H8O2.2C3H6O.3CO2.CH4/c1-4-9(11)8(3)6-7-10(12)13-5-2;1-7(2,9)6-4-3-5-8-6;1-3-6(8)5(2)4-7;1-3-5(6)7-4-2;2*1-2-3-4;3*2-1-3;/h6-9,11H,4-5H2,1-3H3;6,8-9H,3-5H2,1-2H3;4-6,8H,3H2,1-2H3;3H,1,4H2,2H3;2*3H,2H2,1H3;;;;1H4/b7-6+;;;;;;;;;/t8-,9+;;5-,6+;;;;;;;/m1.1......./s1. The zero-order chi connectivity index (χ0) is 44.4. The molecule has 1 aliphatic rings. The Balaban J connectivity index is -0.0000000649. The van der Waals surface area contributed by atoms with Gasteiger partial charge < -0.3 is 44.5 Å². The van der Waals surface area contributed by atoms with Gasteiger partial charge in [0.25, 0.3) is 0 Å². The Morgan fingerprint density at radius 3 is 1.31 bits per heavy atom. The van der Waals surface area contributed by atoms with E-state index in [1.54, 1.807) is 26.8 Å². The molecular formula is C38H69NO16. The van der Waals surface area contributed by atoms with Crippen molar-refractivity contribution in [2.45, 2.75) is 139 Å². The lowest BCUT2D eigenvalue weighted by atomic mass is 9.98. The quantitative estimate of drug-likeness (QED) is 0.118. The van der Waals surface area contributed by atoms with Crippen molar-refractivity contribution in [3.8, 4) is 0 Å². The molecule has 55 heavy (non-hydrogen) atoms. The molecule has 0 radical (unpaired) electrons. The van der Waals surface area contributed by atoms with Gasteiger partial charge >= 0.3 is 30.4 Å². The van der Waals surface area contributed by atoms with E-state index in [0.717, 1.165) is 37.9 Å². The Kier molecular flexibility index (Phi) is 80.2. The van der Waals surface area contributed by atoms with Gasteiger partial charge in [-0.1, -0.05) is 61.6 Å². The highest BCUT2D eigenvalue weighted by Crippen LogP contribution is 2.17. The second-order valence-electron chi connectivity index (χ2n) is 10.6. The van der Waals surface area contributed by atoms with Crippen molar-refractivity contribution in [2.75, 3.05) is 19.8 Å². The van der Waals surface area contributed by atoms with Gasteiger partial charge in [0, 0.05) is 42.9 Å².